The number of nitrogens with one attached hydrogen (secondary N) is 1. The summed E-state index contributed by atoms with van der Waals surface area (Å²) in [6.45, 7) is 4.32. The summed E-state index contributed by atoms with van der Waals surface area (Å²) in [6.07, 6.45) is 1.73. The monoisotopic (exact) mass is 366 g/mol. The van der Waals surface area contributed by atoms with Crippen molar-refractivity contribution in [3.8, 4) is 11.3 Å². The molecule has 3 rings (SSSR count). The van der Waals surface area contributed by atoms with Crippen LogP contribution in [-0.2, 0) is 0 Å². The van der Waals surface area contributed by atoms with E-state index in [0.29, 0.717) is 22.3 Å². The lowest BCUT2D eigenvalue weighted by molar-refractivity contribution is -0.384. The number of hydrogen-bond acceptors (Lipinski definition) is 6. The molecule has 0 aliphatic carbocycles. The molecule has 0 saturated carbocycles. The van der Waals surface area contributed by atoms with Crippen LogP contribution in [0.15, 0.2) is 59.0 Å². The van der Waals surface area contributed by atoms with Gasteiger partial charge in [0.2, 0.25) is 5.13 Å². The lowest BCUT2D eigenvalue weighted by Gasteiger charge is -2.04. The first-order valence-corrected chi connectivity index (χ1v) is 9.00. The Bertz CT molecular complexity index is 933. The van der Waals surface area contributed by atoms with Crippen LogP contribution in [0.2, 0.25) is 0 Å². The molecule has 3 aromatic rings. The van der Waals surface area contributed by atoms with Gasteiger partial charge in [-0.2, -0.15) is 5.10 Å². The van der Waals surface area contributed by atoms with Crippen LogP contribution in [0.3, 0.4) is 0 Å². The second-order valence-corrected chi connectivity index (χ2v) is 6.89. The molecule has 26 heavy (non-hydrogen) atoms. The van der Waals surface area contributed by atoms with E-state index >= 15 is 0 Å². The predicted molar refractivity (Wildman–Crippen MR) is 106 cm³/mol. The summed E-state index contributed by atoms with van der Waals surface area (Å²) >= 11 is 1.39. The number of anilines is 1. The molecule has 1 N–H and O–H groups in total. The van der Waals surface area contributed by atoms with Crippen molar-refractivity contribution >= 4 is 28.4 Å². The van der Waals surface area contributed by atoms with Gasteiger partial charge in [0.25, 0.3) is 5.69 Å². The second-order valence-electron chi connectivity index (χ2n) is 6.04. The van der Waals surface area contributed by atoms with Crippen LogP contribution in [0.5, 0.6) is 0 Å². The van der Waals surface area contributed by atoms with E-state index in [9.17, 15) is 10.1 Å². The number of benzene rings is 2. The first-order chi connectivity index (χ1) is 12.5. The summed E-state index contributed by atoms with van der Waals surface area (Å²) in [5.41, 5.74) is 6.62. The lowest BCUT2D eigenvalue weighted by atomic mass is 10.0. The van der Waals surface area contributed by atoms with Crippen molar-refractivity contribution in [3.63, 3.8) is 0 Å². The van der Waals surface area contributed by atoms with E-state index in [1.165, 1.54) is 29.0 Å². The fourth-order valence-corrected chi connectivity index (χ4v) is 3.03. The third kappa shape index (κ3) is 4.31. The van der Waals surface area contributed by atoms with Gasteiger partial charge < -0.3 is 0 Å². The first kappa shape index (κ1) is 17.8. The molecule has 1 heterocycles. The number of hydrogen-bond donors (Lipinski definition) is 1. The second kappa shape index (κ2) is 7.88. The minimum atomic E-state index is -0.413. The van der Waals surface area contributed by atoms with E-state index in [2.05, 4.69) is 41.5 Å². The molecule has 0 radical (unpaired) electrons. The number of non-ortho nitro benzene ring substituents is 1. The topological polar surface area (TPSA) is 80.4 Å². The summed E-state index contributed by atoms with van der Waals surface area (Å²) in [6, 6.07) is 14.7. The normalized spacial score (nSPS) is 11.2. The highest BCUT2D eigenvalue weighted by molar-refractivity contribution is 7.14. The van der Waals surface area contributed by atoms with Crippen molar-refractivity contribution in [1.82, 2.24) is 4.98 Å². The van der Waals surface area contributed by atoms with Gasteiger partial charge in [-0.15, -0.1) is 11.3 Å². The lowest BCUT2D eigenvalue weighted by Crippen LogP contribution is -1.92. The summed E-state index contributed by atoms with van der Waals surface area (Å²) in [4.78, 5) is 14.9. The minimum absolute atomic E-state index is 0.0490. The maximum absolute atomic E-state index is 10.9. The van der Waals surface area contributed by atoms with Gasteiger partial charge in [-0.3, -0.25) is 15.5 Å². The Morgan fingerprint density at radius 1 is 1.23 bits per heavy atom. The number of rotatable bonds is 6. The van der Waals surface area contributed by atoms with Gasteiger partial charge in [-0.1, -0.05) is 50.2 Å². The third-order valence-electron chi connectivity index (χ3n) is 3.83. The SMILES string of the molecule is CC(C)c1ccc(C=NNc2nc(-c3cccc([N+](=O)[O-])c3)cs2)cc1. The van der Waals surface area contributed by atoms with Crippen molar-refractivity contribution in [2.75, 3.05) is 5.43 Å². The minimum Gasteiger partial charge on any atom is -0.258 e. The molecule has 132 valence electrons. The largest absolute Gasteiger partial charge is 0.270 e. The molecule has 0 aliphatic heterocycles. The van der Waals surface area contributed by atoms with Gasteiger partial charge in [0.05, 0.1) is 16.8 Å². The average Bonchev–Trinajstić information content (AvgIpc) is 3.11. The zero-order valence-corrected chi connectivity index (χ0v) is 15.2. The molecule has 1 aromatic heterocycles. The van der Waals surface area contributed by atoms with Crippen molar-refractivity contribution in [3.05, 3.63) is 75.2 Å². The summed E-state index contributed by atoms with van der Waals surface area (Å²) in [5, 5.41) is 17.6. The summed E-state index contributed by atoms with van der Waals surface area (Å²) in [5.74, 6) is 0.502. The predicted octanol–water partition coefficient (Wildman–Crippen LogP) is 5.29. The number of thiazole rings is 1. The van der Waals surface area contributed by atoms with Crippen LogP contribution in [0.1, 0.15) is 30.9 Å². The van der Waals surface area contributed by atoms with Crippen molar-refractivity contribution in [2.45, 2.75) is 19.8 Å². The Morgan fingerprint density at radius 2 is 2.00 bits per heavy atom. The Morgan fingerprint density at radius 3 is 2.69 bits per heavy atom. The van der Waals surface area contributed by atoms with Crippen LogP contribution in [-0.4, -0.2) is 16.1 Å². The Labute approximate surface area is 155 Å². The van der Waals surface area contributed by atoms with Crippen LogP contribution in [0, 0.1) is 10.1 Å². The molecule has 0 amide bonds. The van der Waals surface area contributed by atoms with E-state index in [1.54, 1.807) is 18.3 Å². The van der Waals surface area contributed by atoms with Crippen LogP contribution < -0.4 is 5.43 Å². The molecular weight excluding hydrogens is 348 g/mol. The standard InChI is InChI=1S/C19H18N4O2S/c1-13(2)15-8-6-14(7-9-15)11-20-22-19-21-18(12-26-19)16-4-3-5-17(10-16)23(24)25/h3-13H,1-2H3,(H,21,22). The Balaban J connectivity index is 1.67. The molecule has 0 fully saturated rings. The van der Waals surface area contributed by atoms with E-state index in [0.717, 1.165) is 5.56 Å². The van der Waals surface area contributed by atoms with E-state index < -0.39 is 4.92 Å². The number of hydrazone groups is 1. The first-order valence-electron chi connectivity index (χ1n) is 8.12. The van der Waals surface area contributed by atoms with Crippen molar-refractivity contribution in [2.24, 2.45) is 5.10 Å². The molecule has 2 aromatic carbocycles. The molecular formula is C19H18N4O2S. The van der Waals surface area contributed by atoms with Crippen LogP contribution >= 0.6 is 11.3 Å². The van der Waals surface area contributed by atoms with Gasteiger partial charge >= 0.3 is 0 Å². The van der Waals surface area contributed by atoms with Crippen molar-refractivity contribution < 1.29 is 4.92 Å². The molecule has 0 aliphatic rings. The molecule has 7 heteroatoms. The zero-order valence-electron chi connectivity index (χ0n) is 14.4. The highest BCUT2D eigenvalue weighted by Gasteiger charge is 2.09. The molecule has 6 nitrogen and oxygen atoms in total. The average molecular weight is 366 g/mol. The number of aromatic nitrogens is 1. The van der Waals surface area contributed by atoms with Gasteiger partial charge in [-0.05, 0) is 17.0 Å². The van der Waals surface area contributed by atoms with E-state index in [4.69, 9.17) is 0 Å². The molecule has 0 unspecified atom stereocenters. The highest BCUT2D eigenvalue weighted by atomic mass is 32.1. The Kier molecular flexibility index (Phi) is 5.38. The fraction of sp³-hybridized carbons (Fsp3) is 0.158. The number of nitro benzene ring substituents is 1. The molecule has 0 atom stereocenters. The van der Waals surface area contributed by atoms with Gasteiger partial charge in [0, 0.05) is 23.1 Å². The summed E-state index contributed by atoms with van der Waals surface area (Å²) in [7, 11) is 0. The smallest absolute Gasteiger partial charge is 0.258 e. The summed E-state index contributed by atoms with van der Waals surface area (Å²) < 4.78 is 0. The van der Waals surface area contributed by atoms with Crippen LogP contribution in [0.25, 0.3) is 11.3 Å². The van der Waals surface area contributed by atoms with Gasteiger partial charge in [0.15, 0.2) is 0 Å². The van der Waals surface area contributed by atoms with Crippen molar-refractivity contribution in [1.29, 1.82) is 0 Å². The van der Waals surface area contributed by atoms with E-state index in [1.807, 2.05) is 17.5 Å². The maximum Gasteiger partial charge on any atom is 0.270 e. The fourth-order valence-electron chi connectivity index (χ4n) is 2.37. The third-order valence-corrected chi connectivity index (χ3v) is 4.58. The van der Waals surface area contributed by atoms with Gasteiger partial charge in [-0.25, -0.2) is 4.98 Å². The molecule has 0 bridgehead atoms. The molecule has 0 spiro atoms. The van der Waals surface area contributed by atoms with E-state index in [-0.39, 0.29) is 5.69 Å². The number of nitrogens with zero attached hydrogens (tertiary/aromatic N) is 3. The maximum atomic E-state index is 10.9. The Hall–Kier alpha value is -3.06. The highest BCUT2D eigenvalue weighted by Crippen LogP contribution is 2.27. The molecule has 0 saturated heterocycles. The quantitative estimate of drug-likeness (QED) is 0.365. The zero-order chi connectivity index (χ0) is 18.5. The number of nitro groups is 1. The van der Waals surface area contributed by atoms with Gasteiger partial charge in [0.1, 0.15) is 0 Å². The van der Waals surface area contributed by atoms with Crippen LogP contribution in [0.4, 0.5) is 10.8 Å².